The van der Waals surface area contributed by atoms with Gasteiger partial charge < -0.3 is 15.2 Å². The van der Waals surface area contributed by atoms with Gasteiger partial charge in [-0.05, 0) is 25.5 Å². The van der Waals surface area contributed by atoms with Crippen LogP contribution in [0.4, 0.5) is 0 Å². The second-order valence-electron chi connectivity index (χ2n) is 3.91. The first-order valence-electron chi connectivity index (χ1n) is 5.58. The summed E-state index contributed by atoms with van der Waals surface area (Å²) in [4.78, 5) is 13.4. The summed E-state index contributed by atoms with van der Waals surface area (Å²) in [6, 6.07) is 1.78. The molecule has 98 valence electrons. The number of hydrogen-bond acceptors (Lipinski definition) is 4. The second-order valence-corrected chi connectivity index (χ2v) is 4.96. The Hall–Kier alpha value is -1.35. The van der Waals surface area contributed by atoms with E-state index < -0.39 is 0 Å². The molecular weight excluding hydrogens is 250 g/mol. The second kappa shape index (κ2) is 7.17. The molecule has 5 heteroatoms. The maximum atomic E-state index is 11.9. The maximum Gasteiger partial charge on any atom is 0.261 e. The lowest BCUT2D eigenvalue weighted by Crippen LogP contribution is -2.35. The molecule has 0 fully saturated rings. The molecule has 1 atom stereocenters. The summed E-state index contributed by atoms with van der Waals surface area (Å²) in [5, 5.41) is 11.5. The van der Waals surface area contributed by atoms with Crippen LogP contribution in [-0.2, 0) is 4.74 Å². The van der Waals surface area contributed by atoms with Crippen molar-refractivity contribution >= 4 is 17.2 Å². The first-order chi connectivity index (χ1) is 8.58. The molecule has 0 aromatic carbocycles. The topological polar surface area (TPSA) is 58.6 Å². The summed E-state index contributed by atoms with van der Waals surface area (Å²) < 4.78 is 4.96. The fourth-order valence-electron chi connectivity index (χ4n) is 1.42. The van der Waals surface area contributed by atoms with Crippen LogP contribution < -0.4 is 5.32 Å². The van der Waals surface area contributed by atoms with Gasteiger partial charge in [-0.15, -0.1) is 11.3 Å². The van der Waals surface area contributed by atoms with Crippen LogP contribution in [0.2, 0.25) is 0 Å². The number of aryl methyl sites for hydroxylation is 1. The van der Waals surface area contributed by atoms with Crippen molar-refractivity contribution < 1.29 is 14.6 Å². The van der Waals surface area contributed by atoms with Crippen molar-refractivity contribution in [3.05, 3.63) is 21.4 Å². The van der Waals surface area contributed by atoms with Gasteiger partial charge in [0.15, 0.2) is 0 Å². The molecule has 0 aliphatic carbocycles. The Morgan fingerprint density at radius 2 is 2.39 bits per heavy atom. The lowest BCUT2D eigenvalue weighted by Gasteiger charge is -2.11. The molecule has 1 aromatic heterocycles. The Morgan fingerprint density at radius 1 is 1.67 bits per heavy atom. The molecule has 1 unspecified atom stereocenters. The van der Waals surface area contributed by atoms with Gasteiger partial charge in [0.05, 0.1) is 16.4 Å². The van der Waals surface area contributed by atoms with Gasteiger partial charge in [0.1, 0.15) is 6.61 Å². The molecule has 1 aromatic rings. The molecule has 0 radical (unpaired) electrons. The highest BCUT2D eigenvalue weighted by atomic mass is 32.1. The molecule has 0 aliphatic heterocycles. The van der Waals surface area contributed by atoms with Crippen LogP contribution in [0, 0.1) is 18.8 Å². The Labute approximate surface area is 111 Å². The largest absolute Gasteiger partial charge is 0.384 e. The van der Waals surface area contributed by atoms with Crippen molar-refractivity contribution in [2.75, 3.05) is 20.3 Å². The monoisotopic (exact) mass is 267 g/mol. The van der Waals surface area contributed by atoms with Crippen molar-refractivity contribution in [3.63, 3.8) is 0 Å². The highest BCUT2D eigenvalue weighted by Gasteiger charge is 2.13. The predicted octanol–water partition coefficient (Wildman–Crippen LogP) is 1.17. The van der Waals surface area contributed by atoms with Crippen molar-refractivity contribution in [1.82, 2.24) is 5.32 Å². The van der Waals surface area contributed by atoms with Crippen molar-refractivity contribution in [3.8, 4) is 11.8 Å². The number of carbonyl (C=O) groups is 1. The van der Waals surface area contributed by atoms with E-state index in [1.807, 2.05) is 13.8 Å². The number of hydrogen-bond donors (Lipinski definition) is 2. The van der Waals surface area contributed by atoms with E-state index in [1.54, 1.807) is 13.2 Å². The van der Waals surface area contributed by atoms with E-state index in [1.165, 1.54) is 11.3 Å². The Bertz CT molecular complexity index is 470. The van der Waals surface area contributed by atoms with Crippen LogP contribution in [-0.4, -0.2) is 37.4 Å². The summed E-state index contributed by atoms with van der Waals surface area (Å²) in [6.07, 6.45) is 0. The predicted molar refractivity (Wildman–Crippen MR) is 71.8 cm³/mol. The number of ether oxygens (including phenoxy) is 1. The highest BCUT2D eigenvalue weighted by Crippen LogP contribution is 2.20. The third-order valence-electron chi connectivity index (χ3n) is 2.22. The first-order valence-corrected chi connectivity index (χ1v) is 6.40. The summed E-state index contributed by atoms with van der Waals surface area (Å²) >= 11 is 1.33. The van der Waals surface area contributed by atoms with Crippen LogP contribution in [0.5, 0.6) is 0 Å². The van der Waals surface area contributed by atoms with E-state index in [4.69, 9.17) is 9.84 Å². The zero-order valence-corrected chi connectivity index (χ0v) is 11.6. The van der Waals surface area contributed by atoms with Gasteiger partial charge in [-0.1, -0.05) is 11.8 Å². The molecular formula is C13H17NO3S. The van der Waals surface area contributed by atoms with E-state index in [0.717, 1.165) is 10.4 Å². The number of carbonyl (C=O) groups excluding carboxylic acids is 1. The van der Waals surface area contributed by atoms with E-state index in [2.05, 4.69) is 17.2 Å². The fourth-order valence-corrected chi connectivity index (χ4v) is 2.37. The average Bonchev–Trinajstić information content (AvgIpc) is 2.68. The number of nitrogens with one attached hydrogen (secondary N) is 1. The molecule has 1 rings (SSSR count). The summed E-state index contributed by atoms with van der Waals surface area (Å²) in [7, 11) is 1.60. The third-order valence-corrected chi connectivity index (χ3v) is 3.37. The van der Waals surface area contributed by atoms with E-state index in [0.29, 0.717) is 11.5 Å². The normalized spacial score (nSPS) is 11.6. The van der Waals surface area contributed by atoms with Crippen LogP contribution in [0.15, 0.2) is 6.07 Å². The molecule has 0 saturated carbocycles. The van der Waals surface area contributed by atoms with Gasteiger partial charge in [-0.25, -0.2) is 0 Å². The minimum absolute atomic E-state index is 0.0307. The van der Waals surface area contributed by atoms with E-state index in [-0.39, 0.29) is 18.6 Å². The lowest BCUT2D eigenvalue weighted by atomic mass is 10.2. The van der Waals surface area contributed by atoms with Gasteiger partial charge in [-0.2, -0.15) is 0 Å². The molecule has 0 aliphatic rings. The molecule has 18 heavy (non-hydrogen) atoms. The van der Waals surface area contributed by atoms with Gasteiger partial charge in [0.25, 0.3) is 5.91 Å². The van der Waals surface area contributed by atoms with Crippen molar-refractivity contribution in [2.24, 2.45) is 0 Å². The summed E-state index contributed by atoms with van der Waals surface area (Å²) in [5.74, 6) is 5.29. The molecule has 1 amide bonds. The highest BCUT2D eigenvalue weighted by molar-refractivity contribution is 7.14. The maximum absolute atomic E-state index is 11.9. The van der Waals surface area contributed by atoms with E-state index >= 15 is 0 Å². The van der Waals surface area contributed by atoms with Gasteiger partial charge in [0, 0.05) is 13.2 Å². The third kappa shape index (κ3) is 4.15. The van der Waals surface area contributed by atoms with Crippen molar-refractivity contribution in [1.29, 1.82) is 0 Å². The van der Waals surface area contributed by atoms with Gasteiger partial charge in [-0.3, -0.25) is 4.79 Å². The molecule has 2 N–H and O–H groups in total. The molecule has 0 spiro atoms. The molecule has 0 saturated heterocycles. The van der Waals surface area contributed by atoms with Crippen LogP contribution in [0.1, 0.15) is 27.0 Å². The Morgan fingerprint density at radius 3 is 3.00 bits per heavy atom. The number of amides is 1. The zero-order chi connectivity index (χ0) is 13.5. The number of aliphatic hydroxyl groups is 1. The molecule has 0 bridgehead atoms. The molecule has 4 nitrogen and oxygen atoms in total. The van der Waals surface area contributed by atoms with Crippen LogP contribution >= 0.6 is 11.3 Å². The standard InChI is InChI=1S/C13H17NO3S/c1-9-7-12(18-11(9)5-4-6-15)13(16)14-10(2)8-17-3/h7,10,15H,6,8H2,1-3H3,(H,14,16). The first kappa shape index (κ1) is 14.7. The lowest BCUT2D eigenvalue weighted by molar-refractivity contribution is 0.0909. The van der Waals surface area contributed by atoms with Gasteiger partial charge in [0.2, 0.25) is 0 Å². The smallest absolute Gasteiger partial charge is 0.261 e. The number of methoxy groups -OCH3 is 1. The van der Waals surface area contributed by atoms with E-state index in [9.17, 15) is 4.79 Å². The van der Waals surface area contributed by atoms with Gasteiger partial charge >= 0.3 is 0 Å². The Balaban J connectivity index is 2.75. The minimum Gasteiger partial charge on any atom is -0.384 e. The number of thiophene rings is 1. The van der Waals surface area contributed by atoms with Crippen molar-refractivity contribution in [2.45, 2.75) is 19.9 Å². The fraction of sp³-hybridized carbons (Fsp3) is 0.462. The molecule has 1 heterocycles. The SMILES string of the molecule is COCC(C)NC(=O)c1cc(C)c(C#CCO)s1. The summed E-state index contributed by atoms with van der Waals surface area (Å²) in [5.41, 5.74) is 0.950. The minimum atomic E-state index is -0.177. The van der Waals surface area contributed by atoms with Crippen LogP contribution in [0.25, 0.3) is 0 Å². The average molecular weight is 267 g/mol. The quantitative estimate of drug-likeness (QED) is 0.805. The summed E-state index contributed by atoms with van der Waals surface area (Å²) in [6.45, 7) is 4.08. The Kier molecular flexibility index (Phi) is 5.86. The number of aliphatic hydroxyl groups excluding tert-OH is 1. The zero-order valence-electron chi connectivity index (χ0n) is 10.7. The number of rotatable bonds is 4. The van der Waals surface area contributed by atoms with Crippen LogP contribution in [0.3, 0.4) is 0 Å².